The van der Waals surface area contributed by atoms with Gasteiger partial charge < -0.3 is 25.0 Å². The number of rotatable bonds is 5. The molecule has 1 saturated heterocycles. The second-order valence-electron chi connectivity index (χ2n) is 8.28. The Balaban J connectivity index is 1.39. The van der Waals surface area contributed by atoms with Gasteiger partial charge in [-0.05, 0) is 60.8 Å². The molecule has 1 unspecified atom stereocenters. The highest BCUT2D eigenvalue weighted by Crippen LogP contribution is 2.41. The van der Waals surface area contributed by atoms with Gasteiger partial charge in [-0.15, -0.1) is 0 Å². The average Bonchev–Trinajstić information content (AvgIpc) is 3.54. The van der Waals surface area contributed by atoms with Crippen LogP contribution in [0.1, 0.15) is 41.9 Å². The van der Waals surface area contributed by atoms with Crippen LogP contribution < -0.4 is 16.1 Å². The number of fused-ring (bicyclic) bond motifs is 1. The monoisotopic (exact) mass is 405 g/mol. The van der Waals surface area contributed by atoms with Gasteiger partial charge in [0.2, 0.25) is 5.95 Å². The first-order valence-corrected chi connectivity index (χ1v) is 10.4. The van der Waals surface area contributed by atoms with Crippen LogP contribution in [0.25, 0.3) is 0 Å². The lowest BCUT2D eigenvalue weighted by Crippen LogP contribution is -2.38. The van der Waals surface area contributed by atoms with Gasteiger partial charge in [-0.3, -0.25) is 0 Å². The standard InChI is InChI=1S/C21H24BN5O3/c1-12-9-24-21(27-20(12)26-18-11-29-5-4-14(18)8-23)25-16-6-15-10-30-22(28)19(15)17(7-16)13-2-3-13/h6-7,9,13-14,18,28H,2-5,10-11H2,1H3,(H2,24,25,26,27)/t14?,18-/m0/s1. The minimum atomic E-state index is -0.832. The van der Waals surface area contributed by atoms with Crippen molar-refractivity contribution >= 4 is 30.0 Å². The lowest BCUT2D eigenvalue weighted by molar-refractivity contribution is 0.0698. The fourth-order valence-electron chi connectivity index (χ4n) is 4.20. The molecule has 154 valence electrons. The van der Waals surface area contributed by atoms with Crippen LogP contribution in [-0.2, 0) is 16.0 Å². The van der Waals surface area contributed by atoms with Gasteiger partial charge in [0.1, 0.15) is 5.82 Å². The van der Waals surface area contributed by atoms with Gasteiger partial charge in [0.25, 0.3) is 0 Å². The topological polar surface area (TPSA) is 112 Å². The van der Waals surface area contributed by atoms with Gasteiger partial charge in [-0.2, -0.15) is 10.2 Å². The van der Waals surface area contributed by atoms with E-state index in [0.29, 0.717) is 37.5 Å². The molecule has 1 saturated carbocycles. The van der Waals surface area contributed by atoms with Crippen LogP contribution in [-0.4, -0.2) is 41.4 Å². The van der Waals surface area contributed by atoms with Crippen molar-refractivity contribution < 1.29 is 14.4 Å². The molecule has 0 radical (unpaired) electrons. The van der Waals surface area contributed by atoms with Crippen LogP contribution in [0.3, 0.4) is 0 Å². The molecular weight excluding hydrogens is 381 g/mol. The third kappa shape index (κ3) is 3.74. The summed E-state index contributed by atoms with van der Waals surface area (Å²) in [7, 11) is -0.832. The number of benzene rings is 1. The van der Waals surface area contributed by atoms with E-state index in [1.807, 2.05) is 13.0 Å². The Hall–Kier alpha value is -2.67. The summed E-state index contributed by atoms with van der Waals surface area (Å²) in [4.78, 5) is 9.08. The zero-order valence-electron chi connectivity index (χ0n) is 16.9. The van der Waals surface area contributed by atoms with Crippen molar-refractivity contribution in [3.05, 3.63) is 35.0 Å². The van der Waals surface area contributed by atoms with Crippen LogP contribution in [0, 0.1) is 24.2 Å². The molecule has 2 atom stereocenters. The molecule has 3 aliphatic rings. The van der Waals surface area contributed by atoms with Gasteiger partial charge in [-0.1, -0.05) is 0 Å². The van der Waals surface area contributed by atoms with Crippen molar-refractivity contribution in [3.8, 4) is 6.07 Å². The second kappa shape index (κ2) is 7.87. The first-order chi connectivity index (χ1) is 14.6. The van der Waals surface area contributed by atoms with Crippen LogP contribution in [0.5, 0.6) is 0 Å². The number of hydrogen-bond acceptors (Lipinski definition) is 8. The van der Waals surface area contributed by atoms with Crippen molar-refractivity contribution in [3.63, 3.8) is 0 Å². The Labute approximate surface area is 175 Å². The summed E-state index contributed by atoms with van der Waals surface area (Å²) in [6.45, 7) is 3.45. The number of aryl methyl sites for hydroxylation is 1. The molecule has 1 aliphatic carbocycles. The van der Waals surface area contributed by atoms with Crippen LogP contribution in [0.4, 0.5) is 17.5 Å². The number of anilines is 3. The Morgan fingerprint density at radius 1 is 1.30 bits per heavy atom. The maximum absolute atomic E-state index is 10.2. The maximum atomic E-state index is 10.2. The molecule has 0 spiro atoms. The molecular formula is C21H24BN5O3. The molecule has 0 amide bonds. The van der Waals surface area contributed by atoms with Crippen LogP contribution in [0.2, 0.25) is 0 Å². The Bertz CT molecular complexity index is 1010. The number of nitrogens with one attached hydrogen (secondary N) is 2. The highest BCUT2D eigenvalue weighted by Gasteiger charge is 2.36. The van der Waals surface area contributed by atoms with E-state index in [0.717, 1.165) is 47.1 Å². The van der Waals surface area contributed by atoms with E-state index in [1.54, 1.807) is 6.20 Å². The minimum Gasteiger partial charge on any atom is -0.423 e. The normalized spacial score (nSPS) is 23.0. The van der Waals surface area contributed by atoms with Gasteiger partial charge in [0, 0.05) is 24.1 Å². The number of ether oxygens (including phenoxy) is 1. The Kier molecular flexibility index (Phi) is 5.07. The molecule has 3 N–H and O–H groups in total. The highest BCUT2D eigenvalue weighted by atomic mass is 16.5. The molecule has 2 aliphatic heterocycles. The van der Waals surface area contributed by atoms with E-state index < -0.39 is 7.12 Å². The maximum Gasteiger partial charge on any atom is 0.492 e. The number of hydrogen-bond donors (Lipinski definition) is 3. The molecule has 2 aromatic rings. The lowest BCUT2D eigenvalue weighted by Gasteiger charge is -2.28. The lowest BCUT2D eigenvalue weighted by atomic mass is 9.75. The van der Waals surface area contributed by atoms with Crippen molar-refractivity contribution in [2.45, 2.75) is 44.8 Å². The SMILES string of the molecule is Cc1cnc(Nc2cc3c(c(C4CC4)c2)B(O)OC3)nc1N[C@H]1COCCC1C#N. The zero-order valence-corrected chi connectivity index (χ0v) is 16.9. The molecule has 1 aromatic heterocycles. The molecule has 9 heteroatoms. The molecule has 1 aromatic carbocycles. The summed E-state index contributed by atoms with van der Waals surface area (Å²) < 4.78 is 11.0. The van der Waals surface area contributed by atoms with Gasteiger partial charge in [-0.25, -0.2) is 4.98 Å². The molecule has 2 fully saturated rings. The zero-order chi connectivity index (χ0) is 20.7. The smallest absolute Gasteiger partial charge is 0.423 e. The van der Waals surface area contributed by atoms with E-state index in [4.69, 9.17) is 9.39 Å². The molecule has 8 nitrogen and oxygen atoms in total. The highest BCUT2D eigenvalue weighted by molar-refractivity contribution is 6.62. The predicted molar refractivity (Wildman–Crippen MR) is 113 cm³/mol. The van der Waals surface area contributed by atoms with Gasteiger partial charge in [0.05, 0.1) is 31.2 Å². The van der Waals surface area contributed by atoms with E-state index in [2.05, 4.69) is 32.7 Å². The van der Waals surface area contributed by atoms with Crippen LogP contribution >= 0.6 is 0 Å². The van der Waals surface area contributed by atoms with Gasteiger partial charge >= 0.3 is 7.12 Å². The molecule has 0 bridgehead atoms. The van der Waals surface area contributed by atoms with Gasteiger partial charge in [0.15, 0.2) is 0 Å². The second-order valence-corrected chi connectivity index (χ2v) is 8.28. The number of nitrogens with zero attached hydrogens (tertiary/aromatic N) is 3. The Morgan fingerprint density at radius 2 is 2.17 bits per heavy atom. The summed E-state index contributed by atoms with van der Waals surface area (Å²) in [6, 6.07) is 6.34. The summed E-state index contributed by atoms with van der Waals surface area (Å²) in [5, 5.41) is 26.3. The molecule has 5 rings (SSSR count). The third-order valence-corrected chi connectivity index (χ3v) is 6.03. The van der Waals surface area contributed by atoms with E-state index in [-0.39, 0.29) is 12.0 Å². The summed E-state index contributed by atoms with van der Waals surface area (Å²) in [5.41, 5.74) is 4.89. The summed E-state index contributed by atoms with van der Waals surface area (Å²) in [5.74, 6) is 1.57. The first kappa shape index (κ1) is 19.3. The van der Waals surface area contributed by atoms with Crippen molar-refractivity contribution in [1.82, 2.24) is 9.97 Å². The fraction of sp³-hybridized carbons (Fsp3) is 0.476. The predicted octanol–water partition coefficient (Wildman–Crippen LogP) is 1.96. The van der Waals surface area contributed by atoms with Crippen LogP contribution in [0.15, 0.2) is 18.3 Å². The fourth-order valence-corrected chi connectivity index (χ4v) is 4.20. The molecule has 30 heavy (non-hydrogen) atoms. The first-order valence-electron chi connectivity index (χ1n) is 10.4. The third-order valence-electron chi connectivity index (χ3n) is 6.03. The van der Waals surface area contributed by atoms with E-state index in [9.17, 15) is 10.3 Å². The minimum absolute atomic E-state index is 0.0923. The van der Waals surface area contributed by atoms with Crippen molar-refractivity contribution in [2.24, 2.45) is 5.92 Å². The Morgan fingerprint density at radius 3 is 2.97 bits per heavy atom. The number of aromatic nitrogens is 2. The summed E-state index contributed by atoms with van der Waals surface area (Å²) in [6.07, 6.45) is 4.77. The molecule has 3 heterocycles. The van der Waals surface area contributed by atoms with E-state index >= 15 is 0 Å². The average molecular weight is 405 g/mol. The largest absolute Gasteiger partial charge is 0.492 e. The van der Waals surface area contributed by atoms with E-state index in [1.165, 1.54) is 0 Å². The van der Waals surface area contributed by atoms with Crippen molar-refractivity contribution in [2.75, 3.05) is 23.8 Å². The summed E-state index contributed by atoms with van der Waals surface area (Å²) >= 11 is 0. The van der Waals surface area contributed by atoms with Crippen molar-refractivity contribution in [1.29, 1.82) is 5.26 Å². The quantitative estimate of drug-likeness (QED) is 0.648. The number of nitriles is 1.